The first-order chi connectivity index (χ1) is 22.1. The Morgan fingerprint density at radius 3 is 0.889 bits per heavy atom. The van der Waals surface area contributed by atoms with Gasteiger partial charge in [-0.25, -0.2) is 0 Å². The summed E-state index contributed by atoms with van der Waals surface area (Å²) < 4.78 is 0. The van der Waals surface area contributed by atoms with Crippen molar-refractivity contribution in [2.24, 2.45) is 0 Å². The first-order valence-electron chi connectivity index (χ1n) is 19.8. The van der Waals surface area contributed by atoms with E-state index < -0.39 is 0 Å². The molecule has 0 aliphatic rings. The summed E-state index contributed by atoms with van der Waals surface area (Å²) in [5, 5.41) is 0. The molecular weight excluding hydrogens is 552 g/mol. The second kappa shape index (κ2) is 29.6. The Kier molecular flexibility index (Phi) is 27.2. The summed E-state index contributed by atoms with van der Waals surface area (Å²) in [5.41, 5.74) is 1.42. The Balaban J connectivity index is 2.70. The molecule has 0 bridgehead atoms. The van der Waals surface area contributed by atoms with E-state index in [1.807, 2.05) is 6.07 Å². The van der Waals surface area contributed by atoms with Gasteiger partial charge in [-0.3, -0.25) is 14.4 Å². The third-order valence-corrected chi connectivity index (χ3v) is 9.47. The zero-order chi connectivity index (χ0) is 32.8. The third-order valence-electron chi connectivity index (χ3n) is 9.47. The minimum absolute atomic E-state index is 0.00981. The molecule has 0 atom stereocenters. The largest absolute Gasteiger partial charge is 0.294 e. The van der Waals surface area contributed by atoms with Crippen LogP contribution < -0.4 is 0 Å². The number of hydrogen-bond acceptors (Lipinski definition) is 3. The number of ketones is 3. The van der Waals surface area contributed by atoms with E-state index in [4.69, 9.17) is 0 Å². The maximum Gasteiger partial charge on any atom is 0.164 e. The highest BCUT2D eigenvalue weighted by atomic mass is 16.1. The van der Waals surface area contributed by atoms with Gasteiger partial charge in [0.2, 0.25) is 0 Å². The summed E-state index contributed by atoms with van der Waals surface area (Å²) in [4.78, 5) is 40.5. The summed E-state index contributed by atoms with van der Waals surface area (Å²) >= 11 is 0. The van der Waals surface area contributed by atoms with Crippen molar-refractivity contribution in [2.45, 2.75) is 213 Å². The summed E-state index contributed by atoms with van der Waals surface area (Å²) in [7, 11) is 0. The van der Waals surface area contributed by atoms with E-state index in [1.165, 1.54) is 128 Å². The van der Waals surface area contributed by atoms with Crippen LogP contribution in [0.25, 0.3) is 0 Å². The number of benzene rings is 1. The maximum absolute atomic E-state index is 13.6. The zero-order valence-corrected chi connectivity index (χ0v) is 30.2. The van der Waals surface area contributed by atoms with Gasteiger partial charge in [0.1, 0.15) is 0 Å². The molecular formula is C42H72O3. The molecule has 1 rings (SSSR count). The molecule has 0 unspecified atom stereocenters. The van der Waals surface area contributed by atoms with Gasteiger partial charge < -0.3 is 0 Å². The lowest BCUT2D eigenvalue weighted by Gasteiger charge is -2.13. The van der Waals surface area contributed by atoms with Gasteiger partial charge in [0.25, 0.3) is 0 Å². The van der Waals surface area contributed by atoms with E-state index >= 15 is 0 Å². The minimum Gasteiger partial charge on any atom is -0.294 e. The molecule has 0 radical (unpaired) electrons. The monoisotopic (exact) mass is 625 g/mol. The predicted molar refractivity (Wildman–Crippen MR) is 195 cm³/mol. The molecule has 0 aliphatic heterocycles. The van der Waals surface area contributed by atoms with Gasteiger partial charge in [-0.05, 0) is 19.3 Å². The lowest BCUT2D eigenvalue weighted by Crippen LogP contribution is -2.15. The first kappa shape index (κ1) is 41.3. The Labute approximate surface area is 279 Å². The predicted octanol–water partition coefficient (Wildman–Crippen LogP) is 14.0. The van der Waals surface area contributed by atoms with Crippen LogP contribution >= 0.6 is 0 Å². The van der Waals surface area contributed by atoms with Crippen LogP contribution in [-0.4, -0.2) is 17.3 Å². The SMILES string of the molecule is CCCCCCCCCCCC(=O)c1cccc(C(=O)CCCCCCCCCCC)c1C(=O)CCCCCCCCCCC. The highest BCUT2D eigenvalue weighted by molar-refractivity contribution is 6.15. The third kappa shape index (κ3) is 20.9. The fourth-order valence-corrected chi connectivity index (χ4v) is 6.50. The molecule has 0 saturated heterocycles. The van der Waals surface area contributed by atoms with Crippen LogP contribution in [0.1, 0.15) is 244 Å². The molecule has 258 valence electrons. The van der Waals surface area contributed by atoms with Crippen LogP contribution in [0.4, 0.5) is 0 Å². The maximum atomic E-state index is 13.6. The quantitative estimate of drug-likeness (QED) is 0.0577. The topological polar surface area (TPSA) is 51.2 Å². The van der Waals surface area contributed by atoms with Crippen molar-refractivity contribution in [3.05, 3.63) is 34.9 Å². The zero-order valence-electron chi connectivity index (χ0n) is 30.2. The molecule has 3 nitrogen and oxygen atoms in total. The second-order valence-corrected chi connectivity index (χ2v) is 13.7. The highest BCUT2D eigenvalue weighted by Crippen LogP contribution is 2.24. The lowest BCUT2D eigenvalue weighted by molar-refractivity contribution is 0.0932. The molecule has 0 aliphatic carbocycles. The van der Waals surface area contributed by atoms with Gasteiger partial charge in [-0.15, -0.1) is 0 Å². The highest BCUT2D eigenvalue weighted by Gasteiger charge is 2.23. The van der Waals surface area contributed by atoms with E-state index in [1.54, 1.807) is 12.1 Å². The van der Waals surface area contributed by atoms with Crippen LogP contribution in [-0.2, 0) is 0 Å². The number of carbonyl (C=O) groups is 3. The van der Waals surface area contributed by atoms with Crippen molar-refractivity contribution < 1.29 is 14.4 Å². The average molecular weight is 625 g/mol. The minimum atomic E-state index is -0.00981. The number of carbonyl (C=O) groups excluding carboxylic acids is 3. The molecule has 1 aromatic rings. The molecule has 0 aromatic heterocycles. The van der Waals surface area contributed by atoms with Gasteiger partial charge in [-0.1, -0.05) is 193 Å². The van der Waals surface area contributed by atoms with Gasteiger partial charge >= 0.3 is 0 Å². The number of rotatable bonds is 33. The van der Waals surface area contributed by atoms with Gasteiger partial charge in [-0.2, -0.15) is 0 Å². The Bertz CT molecular complexity index is 834. The standard InChI is InChI=1S/C42H72O3/c1-4-7-10-13-16-19-22-25-28-34-39(43)37-32-31-33-38(40(44)35-29-26-23-20-17-14-11-8-5-2)42(37)41(45)36-30-27-24-21-18-15-12-9-6-3/h31-33H,4-30,34-36H2,1-3H3. The van der Waals surface area contributed by atoms with E-state index in [0.29, 0.717) is 36.0 Å². The van der Waals surface area contributed by atoms with Crippen LogP contribution in [0.2, 0.25) is 0 Å². The molecule has 45 heavy (non-hydrogen) atoms. The smallest absolute Gasteiger partial charge is 0.164 e. The molecule has 3 heteroatoms. The van der Waals surface area contributed by atoms with Crippen LogP contribution in [0.15, 0.2) is 18.2 Å². The molecule has 1 aromatic carbocycles. The number of unbranched alkanes of at least 4 members (excludes halogenated alkanes) is 24. The van der Waals surface area contributed by atoms with Gasteiger partial charge in [0, 0.05) is 36.0 Å². The van der Waals surface area contributed by atoms with Crippen molar-refractivity contribution in [3.63, 3.8) is 0 Å². The van der Waals surface area contributed by atoms with Crippen molar-refractivity contribution >= 4 is 17.3 Å². The second-order valence-electron chi connectivity index (χ2n) is 13.7. The van der Waals surface area contributed by atoms with Crippen LogP contribution in [0, 0.1) is 0 Å². The summed E-state index contributed by atoms with van der Waals surface area (Å²) in [6.07, 6.45) is 33.8. The van der Waals surface area contributed by atoms with E-state index in [-0.39, 0.29) is 17.3 Å². The van der Waals surface area contributed by atoms with E-state index in [9.17, 15) is 14.4 Å². The van der Waals surface area contributed by atoms with Crippen LogP contribution in [0.5, 0.6) is 0 Å². The van der Waals surface area contributed by atoms with Crippen molar-refractivity contribution in [1.29, 1.82) is 0 Å². The fraction of sp³-hybridized carbons (Fsp3) is 0.786. The van der Waals surface area contributed by atoms with Crippen molar-refractivity contribution in [1.82, 2.24) is 0 Å². The van der Waals surface area contributed by atoms with Crippen molar-refractivity contribution in [2.75, 3.05) is 0 Å². The number of Topliss-reactive ketones (excluding diaryl/α,β-unsaturated/α-hetero) is 3. The first-order valence-corrected chi connectivity index (χ1v) is 19.8. The van der Waals surface area contributed by atoms with Gasteiger partial charge in [0.05, 0.1) is 0 Å². The van der Waals surface area contributed by atoms with E-state index in [2.05, 4.69) is 20.8 Å². The number of hydrogen-bond donors (Lipinski definition) is 0. The van der Waals surface area contributed by atoms with E-state index in [0.717, 1.165) is 44.9 Å². The summed E-state index contributed by atoms with van der Waals surface area (Å²) in [6.45, 7) is 6.74. The molecule has 0 N–H and O–H groups in total. The Morgan fingerprint density at radius 2 is 0.600 bits per heavy atom. The van der Waals surface area contributed by atoms with Gasteiger partial charge in [0.15, 0.2) is 17.3 Å². The summed E-state index contributed by atoms with van der Waals surface area (Å²) in [5.74, 6) is 0.0570. The fourth-order valence-electron chi connectivity index (χ4n) is 6.50. The summed E-state index contributed by atoms with van der Waals surface area (Å²) in [6, 6.07) is 5.42. The Hall–Kier alpha value is -1.77. The normalized spacial score (nSPS) is 11.3. The average Bonchev–Trinajstić information content (AvgIpc) is 3.05. The molecule has 0 amide bonds. The lowest BCUT2D eigenvalue weighted by atomic mass is 9.88. The molecule has 0 fully saturated rings. The molecule has 0 spiro atoms. The Morgan fingerprint density at radius 1 is 0.356 bits per heavy atom. The molecule has 0 heterocycles. The van der Waals surface area contributed by atoms with Crippen molar-refractivity contribution in [3.8, 4) is 0 Å². The molecule has 0 saturated carbocycles. The van der Waals surface area contributed by atoms with Crippen LogP contribution in [0.3, 0.4) is 0 Å².